The van der Waals surface area contributed by atoms with Gasteiger partial charge in [0.05, 0.1) is 11.3 Å². The lowest BCUT2D eigenvalue weighted by Gasteiger charge is -2.04. The molecule has 0 aliphatic heterocycles. The van der Waals surface area contributed by atoms with E-state index in [9.17, 15) is 9.59 Å². The van der Waals surface area contributed by atoms with E-state index in [0.717, 1.165) is 27.5 Å². The molecule has 3 aromatic rings. The Bertz CT molecular complexity index is 916. The van der Waals surface area contributed by atoms with Gasteiger partial charge in [0.15, 0.2) is 0 Å². The highest BCUT2D eigenvalue weighted by atomic mass is 32.1. The van der Waals surface area contributed by atoms with Crippen LogP contribution in [0.2, 0.25) is 0 Å². The van der Waals surface area contributed by atoms with Crippen molar-refractivity contribution in [2.45, 2.75) is 13.3 Å². The average Bonchev–Trinajstić information content (AvgIpc) is 3.12. The molecular formula is C19H16N2O3S. The molecule has 0 bridgehead atoms. The number of hydrogen-bond donors (Lipinski definition) is 2. The molecule has 0 aliphatic rings. The number of nitrogens with one attached hydrogen (secondary N) is 1. The van der Waals surface area contributed by atoms with Crippen LogP contribution in [0, 0.1) is 0 Å². The van der Waals surface area contributed by atoms with Crippen molar-refractivity contribution >= 4 is 28.9 Å². The van der Waals surface area contributed by atoms with E-state index in [-0.39, 0.29) is 11.5 Å². The van der Waals surface area contributed by atoms with Gasteiger partial charge in [0, 0.05) is 28.6 Å². The Kier molecular flexibility index (Phi) is 4.90. The SMILES string of the molecule is CCC(=O)Nc1ccc(-c2csc(-c3cccc(C(=O)O)c3)n2)cc1. The van der Waals surface area contributed by atoms with Gasteiger partial charge in [0.1, 0.15) is 5.01 Å². The molecular weight excluding hydrogens is 336 g/mol. The molecule has 6 heteroatoms. The number of aromatic carboxylic acids is 1. The largest absolute Gasteiger partial charge is 0.478 e. The summed E-state index contributed by atoms with van der Waals surface area (Å²) in [6, 6.07) is 14.2. The number of benzene rings is 2. The van der Waals surface area contributed by atoms with Crippen LogP contribution in [0.25, 0.3) is 21.8 Å². The fourth-order valence-corrected chi connectivity index (χ4v) is 3.12. The van der Waals surface area contributed by atoms with E-state index in [1.165, 1.54) is 11.3 Å². The van der Waals surface area contributed by atoms with Crippen molar-refractivity contribution in [1.82, 2.24) is 4.98 Å². The summed E-state index contributed by atoms with van der Waals surface area (Å²) in [7, 11) is 0. The van der Waals surface area contributed by atoms with E-state index < -0.39 is 5.97 Å². The number of thiazole rings is 1. The Morgan fingerprint density at radius 1 is 1.12 bits per heavy atom. The number of carbonyl (C=O) groups excluding carboxylic acids is 1. The molecule has 1 amide bonds. The smallest absolute Gasteiger partial charge is 0.335 e. The predicted octanol–water partition coefficient (Wildman–Crippen LogP) is 4.52. The van der Waals surface area contributed by atoms with Crippen molar-refractivity contribution in [2.24, 2.45) is 0 Å². The molecule has 3 rings (SSSR count). The molecule has 0 unspecified atom stereocenters. The van der Waals surface area contributed by atoms with Gasteiger partial charge in [-0.3, -0.25) is 4.79 Å². The quantitative estimate of drug-likeness (QED) is 0.707. The van der Waals surface area contributed by atoms with Gasteiger partial charge in [0.25, 0.3) is 0 Å². The van der Waals surface area contributed by atoms with Crippen LogP contribution in [0.3, 0.4) is 0 Å². The van der Waals surface area contributed by atoms with Crippen molar-refractivity contribution in [3.8, 4) is 21.8 Å². The number of amides is 1. The summed E-state index contributed by atoms with van der Waals surface area (Å²) in [6.45, 7) is 1.81. The van der Waals surface area contributed by atoms with E-state index in [4.69, 9.17) is 5.11 Å². The zero-order valence-electron chi connectivity index (χ0n) is 13.5. The molecule has 1 aromatic heterocycles. The van der Waals surface area contributed by atoms with Gasteiger partial charge >= 0.3 is 5.97 Å². The Morgan fingerprint density at radius 2 is 1.88 bits per heavy atom. The first-order valence-corrected chi connectivity index (χ1v) is 8.64. The van der Waals surface area contributed by atoms with Gasteiger partial charge in [-0.1, -0.05) is 31.2 Å². The number of carbonyl (C=O) groups is 2. The number of aromatic nitrogens is 1. The maximum absolute atomic E-state index is 11.4. The molecule has 0 atom stereocenters. The number of hydrogen-bond acceptors (Lipinski definition) is 4. The Morgan fingerprint density at radius 3 is 2.56 bits per heavy atom. The fourth-order valence-electron chi connectivity index (χ4n) is 2.30. The van der Waals surface area contributed by atoms with E-state index in [0.29, 0.717) is 6.42 Å². The van der Waals surface area contributed by atoms with E-state index in [2.05, 4.69) is 10.3 Å². The molecule has 0 spiro atoms. The minimum absolute atomic E-state index is 0.0259. The molecule has 0 saturated carbocycles. The number of nitrogens with zero attached hydrogens (tertiary/aromatic N) is 1. The Labute approximate surface area is 149 Å². The highest BCUT2D eigenvalue weighted by Gasteiger charge is 2.10. The zero-order chi connectivity index (χ0) is 17.8. The van der Waals surface area contributed by atoms with Gasteiger partial charge in [-0.2, -0.15) is 0 Å². The summed E-state index contributed by atoms with van der Waals surface area (Å²) in [6.07, 6.45) is 0.437. The molecule has 0 radical (unpaired) electrons. The lowest BCUT2D eigenvalue weighted by molar-refractivity contribution is -0.115. The third kappa shape index (κ3) is 3.92. The van der Waals surface area contributed by atoms with Gasteiger partial charge in [-0.25, -0.2) is 9.78 Å². The van der Waals surface area contributed by atoms with Crippen LogP contribution in [0.1, 0.15) is 23.7 Å². The molecule has 0 fully saturated rings. The lowest BCUT2D eigenvalue weighted by atomic mass is 10.1. The van der Waals surface area contributed by atoms with Gasteiger partial charge in [-0.15, -0.1) is 11.3 Å². The molecule has 5 nitrogen and oxygen atoms in total. The monoisotopic (exact) mass is 352 g/mol. The Balaban J connectivity index is 1.83. The number of anilines is 1. The summed E-state index contributed by atoms with van der Waals surface area (Å²) < 4.78 is 0. The standard InChI is InChI=1S/C19H16N2O3S/c1-2-17(22)20-15-8-6-12(7-9-15)16-11-25-18(21-16)13-4-3-5-14(10-13)19(23)24/h3-11H,2H2,1H3,(H,20,22)(H,23,24). The van der Waals surface area contributed by atoms with E-state index in [1.54, 1.807) is 25.1 Å². The molecule has 0 aliphatic carbocycles. The first-order chi connectivity index (χ1) is 12.1. The normalized spacial score (nSPS) is 10.4. The molecule has 0 saturated heterocycles. The first-order valence-electron chi connectivity index (χ1n) is 7.76. The lowest BCUT2D eigenvalue weighted by Crippen LogP contribution is -2.08. The van der Waals surface area contributed by atoms with Crippen LogP contribution >= 0.6 is 11.3 Å². The van der Waals surface area contributed by atoms with Crippen molar-refractivity contribution in [3.05, 3.63) is 59.5 Å². The number of carboxylic acids is 1. The molecule has 1 heterocycles. The molecule has 2 aromatic carbocycles. The van der Waals surface area contributed by atoms with Gasteiger partial charge < -0.3 is 10.4 Å². The third-order valence-corrected chi connectivity index (χ3v) is 4.54. The van der Waals surface area contributed by atoms with Crippen LogP contribution in [0.15, 0.2) is 53.9 Å². The molecule has 25 heavy (non-hydrogen) atoms. The summed E-state index contributed by atoms with van der Waals surface area (Å²) in [4.78, 5) is 27.1. The number of carboxylic acid groups (broad SMARTS) is 1. The van der Waals surface area contributed by atoms with Crippen molar-refractivity contribution in [3.63, 3.8) is 0 Å². The van der Waals surface area contributed by atoms with Crippen LogP contribution in [0.4, 0.5) is 5.69 Å². The van der Waals surface area contributed by atoms with Crippen LogP contribution < -0.4 is 5.32 Å². The fraction of sp³-hybridized carbons (Fsp3) is 0.105. The first kappa shape index (κ1) is 16.9. The van der Waals surface area contributed by atoms with Crippen molar-refractivity contribution in [1.29, 1.82) is 0 Å². The second-order valence-corrected chi connectivity index (χ2v) is 6.26. The predicted molar refractivity (Wildman–Crippen MR) is 98.9 cm³/mol. The summed E-state index contributed by atoms with van der Waals surface area (Å²) in [5.74, 6) is -0.981. The summed E-state index contributed by atoms with van der Waals surface area (Å²) in [5, 5.41) is 14.6. The maximum Gasteiger partial charge on any atom is 0.335 e. The minimum atomic E-state index is -0.955. The minimum Gasteiger partial charge on any atom is -0.478 e. The van der Waals surface area contributed by atoms with Crippen LogP contribution in [0.5, 0.6) is 0 Å². The average molecular weight is 352 g/mol. The van der Waals surface area contributed by atoms with Crippen LogP contribution in [-0.4, -0.2) is 22.0 Å². The highest BCUT2D eigenvalue weighted by Crippen LogP contribution is 2.30. The number of rotatable bonds is 5. The van der Waals surface area contributed by atoms with Gasteiger partial charge in [0.2, 0.25) is 5.91 Å². The summed E-state index contributed by atoms with van der Waals surface area (Å²) >= 11 is 1.46. The van der Waals surface area contributed by atoms with E-state index in [1.807, 2.05) is 35.7 Å². The topological polar surface area (TPSA) is 79.3 Å². The van der Waals surface area contributed by atoms with Crippen molar-refractivity contribution in [2.75, 3.05) is 5.32 Å². The highest BCUT2D eigenvalue weighted by molar-refractivity contribution is 7.13. The van der Waals surface area contributed by atoms with Crippen LogP contribution in [-0.2, 0) is 4.79 Å². The third-order valence-electron chi connectivity index (χ3n) is 3.65. The maximum atomic E-state index is 11.4. The molecule has 2 N–H and O–H groups in total. The second-order valence-electron chi connectivity index (χ2n) is 5.40. The van der Waals surface area contributed by atoms with Crippen molar-refractivity contribution < 1.29 is 14.7 Å². The van der Waals surface area contributed by atoms with E-state index >= 15 is 0 Å². The summed E-state index contributed by atoms with van der Waals surface area (Å²) in [5.41, 5.74) is 3.52. The molecule has 126 valence electrons. The second kappa shape index (κ2) is 7.27. The van der Waals surface area contributed by atoms with Gasteiger partial charge in [-0.05, 0) is 24.3 Å². The Hall–Kier alpha value is -2.99. The zero-order valence-corrected chi connectivity index (χ0v) is 14.3.